The Morgan fingerprint density at radius 1 is 1.26 bits per heavy atom. The molecule has 0 saturated heterocycles. The first kappa shape index (κ1) is 15.5. The van der Waals surface area contributed by atoms with Crippen LogP contribution in [0.25, 0.3) is 0 Å². The molecule has 0 fully saturated rings. The number of benzene rings is 1. The average molecular weight is 283 g/mol. The SMILES string of the molecule is CCc1ccc(NC(=O)CCNC(=O)[C@@H](C)Cl)cc1. The van der Waals surface area contributed by atoms with Gasteiger partial charge in [-0.15, -0.1) is 11.6 Å². The molecule has 19 heavy (non-hydrogen) atoms. The monoisotopic (exact) mass is 282 g/mol. The number of aryl methyl sites for hydroxylation is 1. The smallest absolute Gasteiger partial charge is 0.237 e. The van der Waals surface area contributed by atoms with Gasteiger partial charge in [0.1, 0.15) is 5.38 Å². The Kier molecular flexibility index (Phi) is 6.36. The third kappa shape index (κ3) is 5.75. The van der Waals surface area contributed by atoms with Crippen LogP contribution in [0.15, 0.2) is 24.3 Å². The highest BCUT2D eigenvalue weighted by atomic mass is 35.5. The van der Waals surface area contributed by atoms with Crippen LogP contribution in [0.3, 0.4) is 0 Å². The van der Waals surface area contributed by atoms with Gasteiger partial charge in [-0.1, -0.05) is 19.1 Å². The van der Waals surface area contributed by atoms with E-state index >= 15 is 0 Å². The first-order valence-corrected chi connectivity index (χ1v) is 6.77. The normalized spacial score (nSPS) is 11.7. The van der Waals surface area contributed by atoms with Crippen molar-refractivity contribution in [2.75, 3.05) is 11.9 Å². The number of rotatable bonds is 6. The maximum Gasteiger partial charge on any atom is 0.237 e. The first-order valence-electron chi connectivity index (χ1n) is 6.33. The summed E-state index contributed by atoms with van der Waals surface area (Å²) >= 11 is 5.59. The van der Waals surface area contributed by atoms with Crippen LogP contribution in [-0.4, -0.2) is 23.7 Å². The lowest BCUT2D eigenvalue weighted by Gasteiger charge is -2.08. The van der Waals surface area contributed by atoms with Gasteiger partial charge in [0.2, 0.25) is 11.8 Å². The second-order valence-electron chi connectivity index (χ2n) is 4.26. The van der Waals surface area contributed by atoms with Crippen LogP contribution in [0.1, 0.15) is 25.8 Å². The zero-order valence-electron chi connectivity index (χ0n) is 11.2. The van der Waals surface area contributed by atoms with Crippen LogP contribution >= 0.6 is 11.6 Å². The van der Waals surface area contributed by atoms with E-state index in [4.69, 9.17) is 11.6 Å². The minimum atomic E-state index is -0.579. The highest BCUT2D eigenvalue weighted by molar-refractivity contribution is 6.30. The number of halogens is 1. The number of anilines is 1. The topological polar surface area (TPSA) is 58.2 Å². The third-order valence-corrected chi connectivity index (χ3v) is 2.86. The van der Waals surface area contributed by atoms with Crippen LogP contribution in [0.5, 0.6) is 0 Å². The molecule has 2 amide bonds. The standard InChI is InChI=1S/C14H19ClN2O2/c1-3-11-4-6-12(7-5-11)17-13(18)8-9-16-14(19)10(2)15/h4-7,10H,3,8-9H2,1-2H3,(H,16,19)(H,17,18)/t10-/m1/s1. The summed E-state index contributed by atoms with van der Waals surface area (Å²) in [6.45, 7) is 3.95. The van der Waals surface area contributed by atoms with Gasteiger partial charge in [0.25, 0.3) is 0 Å². The Morgan fingerprint density at radius 3 is 2.42 bits per heavy atom. The summed E-state index contributed by atoms with van der Waals surface area (Å²) < 4.78 is 0. The molecule has 1 aromatic rings. The van der Waals surface area contributed by atoms with Crippen LogP contribution in [0, 0.1) is 0 Å². The van der Waals surface area contributed by atoms with Crippen molar-refractivity contribution in [3.05, 3.63) is 29.8 Å². The van der Waals surface area contributed by atoms with Crippen molar-refractivity contribution < 1.29 is 9.59 Å². The van der Waals surface area contributed by atoms with Crippen molar-refractivity contribution in [1.82, 2.24) is 5.32 Å². The molecule has 4 nitrogen and oxygen atoms in total. The van der Waals surface area contributed by atoms with E-state index in [0.29, 0.717) is 0 Å². The summed E-state index contributed by atoms with van der Waals surface area (Å²) in [6.07, 6.45) is 1.20. The van der Waals surface area contributed by atoms with Gasteiger partial charge < -0.3 is 10.6 Å². The maximum absolute atomic E-state index is 11.6. The minimum absolute atomic E-state index is 0.133. The maximum atomic E-state index is 11.6. The fourth-order valence-corrected chi connectivity index (χ4v) is 1.56. The van der Waals surface area contributed by atoms with Gasteiger partial charge in [0.15, 0.2) is 0 Å². The van der Waals surface area contributed by atoms with Gasteiger partial charge in [-0.25, -0.2) is 0 Å². The summed E-state index contributed by atoms with van der Waals surface area (Å²) in [7, 11) is 0. The van der Waals surface area contributed by atoms with Gasteiger partial charge in [-0.05, 0) is 31.0 Å². The number of hydrogen-bond donors (Lipinski definition) is 2. The average Bonchev–Trinajstić information content (AvgIpc) is 2.39. The van der Waals surface area contributed by atoms with E-state index in [-0.39, 0.29) is 24.8 Å². The molecule has 0 aliphatic heterocycles. The molecule has 1 aromatic carbocycles. The Bertz CT molecular complexity index is 430. The zero-order chi connectivity index (χ0) is 14.3. The molecular weight excluding hydrogens is 264 g/mol. The molecule has 0 unspecified atom stereocenters. The highest BCUT2D eigenvalue weighted by Crippen LogP contribution is 2.10. The molecule has 0 aliphatic carbocycles. The largest absolute Gasteiger partial charge is 0.354 e. The zero-order valence-corrected chi connectivity index (χ0v) is 12.0. The molecule has 2 N–H and O–H groups in total. The summed E-state index contributed by atoms with van der Waals surface area (Å²) in [5, 5.41) is 4.78. The summed E-state index contributed by atoms with van der Waals surface area (Å²) in [6, 6.07) is 7.70. The summed E-state index contributed by atoms with van der Waals surface area (Å²) in [4.78, 5) is 22.8. The number of nitrogens with one attached hydrogen (secondary N) is 2. The molecule has 0 heterocycles. The molecule has 1 atom stereocenters. The Balaban J connectivity index is 2.32. The number of hydrogen-bond acceptors (Lipinski definition) is 2. The van der Waals surface area contributed by atoms with Gasteiger partial charge >= 0.3 is 0 Å². The second-order valence-corrected chi connectivity index (χ2v) is 4.91. The van der Waals surface area contributed by atoms with E-state index in [2.05, 4.69) is 17.6 Å². The first-order chi connectivity index (χ1) is 9.02. The third-order valence-electron chi connectivity index (χ3n) is 2.66. The molecule has 0 aliphatic rings. The van der Waals surface area contributed by atoms with Crippen LogP contribution < -0.4 is 10.6 Å². The lowest BCUT2D eigenvalue weighted by atomic mass is 10.1. The van der Waals surface area contributed by atoms with Crippen molar-refractivity contribution in [2.24, 2.45) is 0 Å². The van der Waals surface area contributed by atoms with E-state index in [1.165, 1.54) is 5.56 Å². The lowest BCUT2D eigenvalue weighted by Crippen LogP contribution is -2.32. The Hall–Kier alpha value is -1.55. The van der Waals surface area contributed by atoms with Crippen molar-refractivity contribution in [1.29, 1.82) is 0 Å². The fourth-order valence-electron chi connectivity index (χ4n) is 1.49. The quantitative estimate of drug-likeness (QED) is 0.787. The van der Waals surface area contributed by atoms with E-state index < -0.39 is 5.38 Å². The van der Waals surface area contributed by atoms with Gasteiger partial charge in [-0.2, -0.15) is 0 Å². The Labute approximate surface area is 118 Å². The fraction of sp³-hybridized carbons (Fsp3) is 0.429. The van der Waals surface area contributed by atoms with Crippen molar-refractivity contribution >= 4 is 29.1 Å². The number of carbonyl (C=O) groups excluding carboxylic acids is 2. The van der Waals surface area contributed by atoms with Crippen molar-refractivity contribution in [2.45, 2.75) is 32.1 Å². The molecule has 1 rings (SSSR count). The molecule has 0 aromatic heterocycles. The van der Waals surface area contributed by atoms with Crippen molar-refractivity contribution in [3.8, 4) is 0 Å². The highest BCUT2D eigenvalue weighted by Gasteiger charge is 2.09. The molecule has 0 bridgehead atoms. The van der Waals surface area contributed by atoms with Gasteiger partial charge in [-0.3, -0.25) is 9.59 Å². The van der Waals surface area contributed by atoms with Crippen LogP contribution in [-0.2, 0) is 16.0 Å². The summed E-state index contributed by atoms with van der Waals surface area (Å²) in [5.41, 5.74) is 1.99. The number of amides is 2. The predicted octanol–water partition coefficient (Wildman–Crippen LogP) is 2.32. The van der Waals surface area contributed by atoms with E-state index in [9.17, 15) is 9.59 Å². The van der Waals surface area contributed by atoms with Crippen molar-refractivity contribution in [3.63, 3.8) is 0 Å². The minimum Gasteiger partial charge on any atom is -0.354 e. The van der Waals surface area contributed by atoms with Gasteiger partial charge in [0.05, 0.1) is 0 Å². The van der Waals surface area contributed by atoms with Crippen LogP contribution in [0.4, 0.5) is 5.69 Å². The molecule has 0 spiro atoms. The molecular formula is C14H19ClN2O2. The molecule has 5 heteroatoms. The molecule has 0 radical (unpaired) electrons. The predicted molar refractivity (Wildman–Crippen MR) is 77.4 cm³/mol. The van der Waals surface area contributed by atoms with Crippen LogP contribution in [0.2, 0.25) is 0 Å². The van der Waals surface area contributed by atoms with Gasteiger partial charge in [0, 0.05) is 18.7 Å². The second kappa shape index (κ2) is 7.79. The number of alkyl halides is 1. The van der Waals surface area contributed by atoms with E-state index in [0.717, 1.165) is 12.1 Å². The Morgan fingerprint density at radius 2 is 1.89 bits per heavy atom. The molecule has 104 valence electrons. The number of carbonyl (C=O) groups is 2. The summed E-state index contributed by atoms with van der Waals surface area (Å²) in [5.74, 6) is -0.395. The lowest BCUT2D eigenvalue weighted by molar-refractivity contribution is -0.120. The van der Waals surface area contributed by atoms with E-state index in [1.54, 1.807) is 6.92 Å². The molecule has 0 saturated carbocycles. The van der Waals surface area contributed by atoms with E-state index in [1.807, 2.05) is 24.3 Å².